The Labute approximate surface area is 155 Å². The molecule has 0 saturated carbocycles. The van der Waals surface area contributed by atoms with Crippen molar-refractivity contribution in [1.82, 2.24) is 24.7 Å². The lowest BCUT2D eigenvalue weighted by Gasteiger charge is -2.36. The van der Waals surface area contributed by atoms with Crippen LogP contribution in [0.4, 0.5) is 16.0 Å². The maximum Gasteiger partial charge on any atom is 0.167 e. The van der Waals surface area contributed by atoms with E-state index in [9.17, 15) is 4.39 Å². The van der Waals surface area contributed by atoms with Crippen molar-refractivity contribution in [3.05, 3.63) is 53.5 Å². The summed E-state index contributed by atoms with van der Waals surface area (Å²) in [6.45, 7) is 4.63. The molecular formula is C17H17ClFN7. The minimum atomic E-state index is -0.399. The highest BCUT2D eigenvalue weighted by atomic mass is 35.5. The van der Waals surface area contributed by atoms with E-state index >= 15 is 0 Å². The van der Waals surface area contributed by atoms with Crippen molar-refractivity contribution in [3.8, 4) is 5.82 Å². The first kappa shape index (κ1) is 16.7. The maximum absolute atomic E-state index is 14.1. The van der Waals surface area contributed by atoms with Crippen molar-refractivity contribution in [2.45, 2.75) is 6.92 Å². The lowest BCUT2D eigenvalue weighted by molar-refractivity contribution is 0.587. The fraction of sp³-hybridized carbons (Fsp3) is 0.294. The van der Waals surface area contributed by atoms with Gasteiger partial charge < -0.3 is 9.80 Å². The zero-order chi connectivity index (χ0) is 18.1. The van der Waals surface area contributed by atoms with Crippen LogP contribution in [0, 0.1) is 12.7 Å². The van der Waals surface area contributed by atoms with E-state index in [1.54, 1.807) is 4.68 Å². The molecule has 26 heavy (non-hydrogen) atoms. The van der Waals surface area contributed by atoms with Crippen molar-refractivity contribution in [3.63, 3.8) is 0 Å². The number of rotatable bonds is 3. The van der Waals surface area contributed by atoms with E-state index in [0.29, 0.717) is 37.0 Å². The van der Waals surface area contributed by atoms with Crippen molar-refractivity contribution in [2.24, 2.45) is 0 Å². The Morgan fingerprint density at radius 2 is 1.73 bits per heavy atom. The van der Waals surface area contributed by atoms with Gasteiger partial charge in [0.05, 0.1) is 10.7 Å². The number of pyridine rings is 1. The fourth-order valence-corrected chi connectivity index (χ4v) is 3.11. The molecule has 134 valence electrons. The van der Waals surface area contributed by atoms with Gasteiger partial charge in [-0.25, -0.2) is 24.0 Å². The quantitative estimate of drug-likeness (QED) is 0.703. The summed E-state index contributed by atoms with van der Waals surface area (Å²) in [6, 6.07) is 5.12. The van der Waals surface area contributed by atoms with Crippen LogP contribution in [0.5, 0.6) is 0 Å². The minimum Gasteiger partial charge on any atom is -0.353 e. The summed E-state index contributed by atoms with van der Waals surface area (Å²) < 4.78 is 15.8. The maximum atomic E-state index is 14.1. The van der Waals surface area contributed by atoms with Crippen molar-refractivity contribution >= 4 is 23.2 Å². The lowest BCUT2D eigenvalue weighted by atomic mass is 10.3. The molecule has 3 aromatic rings. The molecule has 0 radical (unpaired) electrons. The highest BCUT2D eigenvalue weighted by Crippen LogP contribution is 2.22. The highest BCUT2D eigenvalue weighted by Gasteiger charge is 2.22. The summed E-state index contributed by atoms with van der Waals surface area (Å²) in [5, 5.41) is 4.67. The van der Waals surface area contributed by atoms with Crippen LogP contribution in [0.3, 0.4) is 0 Å². The Morgan fingerprint density at radius 3 is 2.42 bits per heavy atom. The second kappa shape index (κ2) is 6.87. The molecule has 4 heterocycles. The number of halogens is 2. The Kier molecular flexibility index (Phi) is 4.42. The molecule has 0 spiro atoms. The van der Waals surface area contributed by atoms with Gasteiger partial charge in [-0.2, -0.15) is 5.10 Å². The molecule has 0 unspecified atom stereocenters. The molecule has 1 aliphatic rings. The first-order chi connectivity index (χ1) is 12.6. The standard InChI is InChI=1S/C17H17ClFN7/c1-12-2-3-26(23-12)16-9-15(21-11-22-16)24-4-6-25(7-5-24)17-14(19)8-13(18)10-20-17/h2-3,8-11H,4-7H2,1H3. The smallest absolute Gasteiger partial charge is 0.167 e. The van der Waals surface area contributed by atoms with Crippen LogP contribution in [0.15, 0.2) is 36.9 Å². The van der Waals surface area contributed by atoms with Gasteiger partial charge in [0.2, 0.25) is 0 Å². The molecule has 1 aliphatic heterocycles. The van der Waals surface area contributed by atoms with E-state index in [1.807, 2.05) is 30.2 Å². The number of aromatic nitrogens is 5. The van der Waals surface area contributed by atoms with Gasteiger partial charge in [-0.15, -0.1) is 0 Å². The summed E-state index contributed by atoms with van der Waals surface area (Å²) in [5.41, 5.74) is 0.927. The molecule has 9 heteroatoms. The van der Waals surface area contributed by atoms with Gasteiger partial charge in [0.25, 0.3) is 0 Å². The molecule has 1 fully saturated rings. The molecule has 0 atom stereocenters. The summed E-state index contributed by atoms with van der Waals surface area (Å²) in [7, 11) is 0. The van der Waals surface area contributed by atoms with Crippen molar-refractivity contribution < 1.29 is 4.39 Å². The average molecular weight is 374 g/mol. The molecule has 1 saturated heterocycles. The van der Waals surface area contributed by atoms with Gasteiger partial charge >= 0.3 is 0 Å². The monoisotopic (exact) mass is 373 g/mol. The molecular weight excluding hydrogens is 357 g/mol. The van der Waals surface area contributed by atoms with Gasteiger partial charge in [-0.05, 0) is 19.1 Å². The summed E-state index contributed by atoms with van der Waals surface area (Å²) in [4.78, 5) is 16.8. The van der Waals surface area contributed by atoms with Crippen LogP contribution < -0.4 is 9.80 Å². The van der Waals surface area contributed by atoms with Crippen LogP contribution in [0.25, 0.3) is 5.82 Å². The van der Waals surface area contributed by atoms with E-state index in [4.69, 9.17) is 11.6 Å². The van der Waals surface area contributed by atoms with E-state index in [-0.39, 0.29) is 0 Å². The summed E-state index contributed by atoms with van der Waals surface area (Å²) >= 11 is 5.78. The molecule has 4 rings (SSSR count). The minimum absolute atomic E-state index is 0.298. The van der Waals surface area contributed by atoms with Crippen LogP contribution in [0.2, 0.25) is 5.02 Å². The second-order valence-corrected chi connectivity index (χ2v) is 6.51. The van der Waals surface area contributed by atoms with Gasteiger partial charge in [0.15, 0.2) is 17.5 Å². The zero-order valence-corrected chi connectivity index (χ0v) is 14.9. The first-order valence-electron chi connectivity index (χ1n) is 8.26. The number of piperazine rings is 1. The zero-order valence-electron chi connectivity index (χ0n) is 14.2. The van der Waals surface area contributed by atoms with Crippen LogP contribution in [0.1, 0.15) is 5.69 Å². The number of anilines is 2. The van der Waals surface area contributed by atoms with Gasteiger partial charge in [0.1, 0.15) is 12.1 Å². The number of hydrogen-bond acceptors (Lipinski definition) is 6. The summed E-state index contributed by atoms with van der Waals surface area (Å²) in [6.07, 6.45) is 4.87. The Hall–Kier alpha value is -2.74. The van der Waals surface area contributed by atoms with Gasteiger partial charge in [-0.3, -0.25) is 0 Å². The van der Waals surface area contributed by atoms with Gasteiger partial charge in [-0.1, -0.05) is 11.6 Å². The topological polar surface area (TPSA) is 63.0 Å². The molecule has 0 bridgehead atoms. The third kappa shape index (κ3) is 3.32. The predicted molar refractivity (Wildman–Crippen MR) is 97.5 cm³/mol. The summed E-state index contributed by atoms with van der Waals surface area (Å²) in [5.74, 6) is 1.48. The number of hydrogen-bond donors (Lipinski definition) is 0. The molecule has 0 amide bonds. The number of aryl methyl sites for hydroxylation is 1. The fourth-order valence-electron chi connectivity index (χ4n) is 2.97. The van der Waals surface area contributed by atoms with E-state index < -0.39 is 5.82 Å². The van der Waals surface area contributed by atoms with Crippen molar-refractivity contribution in [2.75, 3.05) is 36.0 Å². The molecule has 3 aromatic heterocycles. The third-order valence-electron chi connectivity index (χ3n) is 4.29. The van der Waals surface area contributed by atoms with Crippen LogP contribution >= 0.6 is 11.6 Å². The average Bonchev–Trinajstić information content (AvgIpc) is 3.09. The molecule has 0 aromatic carbocycles. The van der Waals surface area contributed by atoms with E-state index in [0.717, 1.165) is 17.3 Å². The second-order valence-electron chi connectivity index (χ2n) is 6.07. The van der Waals surface area contributed by atoms with Crippen molar-refractivity contribution in [1.29, 1.82) is 0 Å². The first-order valence-corrected chi connectivity index (χ1v) is 8.63. The Morgan fingerprint density at radius 1 is 1.00 bits per heavy atom. The van der Waals surface area contributed by atoms with Crippen LogP contribution in [-0.2, 0) is 0 Å². The van der Waals surface area contributed by atoms with E-state index in [2.05, 4.69) is 25.0 Å². The van der Waals surface area contributed by atoms with E-state index in [1.165, 1.54) is 18.6 Å². The normalized spacial score (nSPS) is 14.7. The molecule has 0 aliphatic carbocycles. The lowest BCUT2D eigenvalue weighted by Crippen LogP contribution is -2.47. The van der Waals surface area contributed by atoms with Crippen LogP contribution in [-0.4, -0.2) is 50.9 Å². The predicted octanol–water partition coefficient (Wildman–Crippen LogP) is 2.48. The largest absolute Gasteiger partial charge is 0.353 e. The Balaban J connectivity index is 1.48. The number of nitrogens with zero attached hydrogens (tertiary/aromatic N) is 7. The Bertz CT molecular complexity index is 921. The third-order valence-corrected chi connectivity index (χ3v) is 4.49. The molecule has 0 N–H and O–H groups in total. The SMILES string of the molecule is Cc1ccn(-c2cc(N3CCN(c4ncc(Cl)cc4F)CC3)ncn2)n1. The van der Waals surface area contributed by atoms with Gasteiger partial charge in [0, 0.05) is 44.6 Å². The highest BCUT2D eigenvalue weighted by molar-refractivity contribution is 6.30. The molecule has 7 nitrogen and oxygen atoms in total.